The van der Waals surface area contributed by atoms with Crippen LogP contribution in [0.2, 0.25) is 5.02 Å². The summed E-state index contributed by atoms with van der Waals surface area (Å²) in [4.78, 5) is 27.1. The number of benzene rings is 2. The van der Waals surface area contributed by atoms with Crippen LogP contribution in [0.5, 0.6) is 0 Å². The molecule has 0 bridgehead atoms. The molecule has 1 aromatic heterocycles. The van der Waals surface area contributed by atoms with Gasteiger partial charge in [0.1, 0.15) is 6.54 Å². The molecular formula is C21H21ClN4O2. The van der Waals surface area contributed by atoms with E-state index in [1.165, 1.54) is 0 Å². The van der Waals surface area contributed by atoms with Gasteiger partial charge in [-0.15, -0.1) is 0 Å². The quantitative estimate of drug-likeness (QED) is 0.719. The predicted octanol–water partition coefficient (Wildman–Crippen LogP) is 3.24. The topological polar surface area (TPSA) is 67.2 Å². The Morgan fingerprint density at radius 1 is 1.04 bits per heavy atom. The number of hydrogen-bond acceptors (Lipinski definition) is 3. The molecule has 1 aliphatic rings. The zero-order valence-corrected chi connectivity index (χ0v) is 16.2. The number of fused-ring (bicyclic) bond motifs is 1. The van der Waals surface area contributed by atoms with Gasteiger partial charge >= 0.3 is 0 Å². The average molecular weight is 397 g/mol. The third-order valence-electron chi connectivity index (χ3n) is 4.95. The Bertz CT molecular complexity index is 1010. The molecule has 0 saturated carbocycles. The number of likely N-dealkylation sites (tertiary alicyclic amines) is 1. The standard InChI is InChI=1S/C21H21ClN4O2/c22-16-9-7-15(8-10-16)13-23-19(27)14-26-18-6-2-1-5-17(18)20(24-26)21(28)25-11-3-4-12-25/h1-2,5-10H,3-4,11-14H2,(H,23,27). The molecule has 7 heteroatoms. The predicted molar refractivity (Wildman–Crippen MR) is 108 cm³/mol. The van der Waals surface area contributed by atoms with Gasteiger partial charge in [-0.1, -0.05) is 41.9 Å². The van der Waals surface area contributed by atoms with Crippen molar-refractivity contribution in [3.63, 3.8) is 0 Å². The van der Waals surface area contributed by atoms with Crippen molar-refractivity contribution >= 4 is 34.3 Å². The lowest BCUT2D eigenvalue weighted by atomic mass is 10.2. The second kappa shape index (κ2) is 8.02. The molecule has 1 saturated heterocycles. The number of para-hydroxylation sites is 1. The first-order chi connectivity index (χ1) is 13.6. The maximum Gasteiger partial charge on any atom is 0.275 e. The SMILES string of the molecule is O=C(Cn1nc(C(=O)N2CCCC2)c2ccccc21)NCc1ccc(Cl)cc1. The minimum atomic E-state index is -0.164. The number of nitrogens with one attached hydrogen (secondary N) is 1. The Hall–Kier alpha value is -2.86. The normalized spacial score (nSPS) is 13.8. The van der Waals surface area contributed by atoms with Gasteiger partial charge in [-0.2, -0.15) is 5.10 Å². The number of nitrogens with zero attached hydrogens (tertiary/aromatic N) is 3. The van der Waals surface area contributed by atoms with Crippen molar-refractivity contribution in [1.29, 1.82) is 0 Å². The van der Waals surface area contributed by atoms with Crippen LogP contribution in [-0.2, 0) is 17.9 Å². The molecule has 2 aromatic carbocycles. The zero-order chi connectivity index (χ0) is 19.5. The second-order valence-electron chi connectivity index (χ2n) is 6.93. The molecule has 2 amide bonds. The minimum Gasteiger partial charge on any atom is -0.350 e. The van der Waals surface area contributed by atoms with Gasteiger partial charge in [0.15, 0.2) is 5.69 Å². The van der Waals surface area contributed by atoms with Crippen molar-refractivity contribution in [1.82, 2.24) is 20.0 Å². The fourth-order valence-corrected chi connectivity index (χ4v) is 3.60. The first-order valence-electron chi connectivity index (χ1n) is 9.38. The molecule has 4 rings (SSSR count). The molecule has 6 nitrogen and oxygen atoms in total. The third-order valence-corrected chi connectivity index (χ3v) is 5.20. The third kappa shape index (κ3) is 3.87. The number of aromatic nitrogens is 2. The number of rotatable bonds is 5. The van der Waals surface area contributed by atoms with Crippen LogP contribution >= 0.6 is 11.6 Å². The van der Waals surface area contributed by atoms with E-state index in [2.05, 4.69) is 10.4 Å². The Morgan fingerprint density at radius 2 is 1.75 bits per heavy atom. The lowest BCUT2D eigenvalue weighted by Crippen LogP contribution is -2.29. The second-order valence-corrected chi connectivity index (χ2v) is 7.36. The van der Waals surface area contributed by atoms with Crippen LogP contribution in [0.3, 0.4) is 0 Å². The lowest BCUT2D eigenvalue weighted by Gasteiger charge is -2.13. The Morgan fingerprint density at radius 3 is 2.50 bits per heavy atom. The zero-order valence-electron chi connectivity index (χ0n) is 15.4. The summed E-state index contributed by atoms with van der Waals surface area (Å²) >= 11 is 5.88. The van der Waals surface area contributed by atoms with E-state index in [1.54, 1.807) is 16.8 Å². The van der Waals surface area contributed by atoms with Crippen molar-refractivity contribution in [2.45, 2.75) is 25.9 Å². The highest BCUT2D eigenvalue weighted by Gasteiger charge is 2.25. The van der Waals surface area contributed by atoms with Crippen LogP contribution in [0.15, 0.2) is 48.5 Å². The maximum atomic E-state index is 12.8. The van der Waals surface area contributed by atoms with Crippen molar-refractivity contribution in [3.8, 4) is 0 Å². The number of carbonyl (C=O) groups is 2. The molecule has 0 radical (unpaired) electrons. The monoisotopic (exact) mass is 396 g/mol. The molecule has 1 fully saturated rings. The van der Waals surface area contributed by atoms with Gasteiger partial charge in [-0.25, -0.2) is 0 Å². The molecule has 3 aromatic rings. The van der Waals surface area contributed by atoms with Crippen LogP contribution < -0.4 is 5.32 Å². The first kappa shape index (κ1) is 18.5. The van der Waals surface area contributed by atoms with Crippen LogP contribution in [0.1, 0.15) is 28.9 Å². The van der Waals surface area contributed by atoms with E-state index in [0.29, 0.717) is 17.3 Å². The molecule has 144 valence electrons. The molecule has 1 aliphatic heterocycles. The summed E-state index contributed by atoms with van der Waals surface area (Å²) in [5.74, 6) is -0.225. The van der Waals surface area contributed by atoms with Crippen LogP contribution in [0.25, 0.3) is 10.9 Å². The summed E-state index contributed by atoms with van der Waals surface area (Å²) in [7, 11) is 0. The summed E-state index contributed by atoms with van der Waals surface area (Å²) in [5, 5.41) is 8.82. The highest BCUT2D eigenvalue weighted by atomic mass is 35.5. The summed E-state index contributed by atoms with van der Waals surface area (Å²) < 4.78 is 1.61. The van der Waals surface area contributed by atoms with Crippen molar-refractivity contribution < 1.29 is 9.59 Å². The lowest BCUT2D eigenvalue weighted by molar-refractivity contribution is -0.121. The number of halogens is 1. The summed E-state index contributed by atoms with van der Waals surface area (Å²) in [5.41, 5.74) is 2.17. The van der Waals surface area contributed by atoms with Gasteiger partial charge in [-0.05, 0) is 36.6 Å². The van der Waals surface area contributed by atoms with E-state index < -0.39 is 0 Å². The fourth-order valence-electron chi connectivity index (χ4n) is 3.47. The Balaban J connectivity index is 1.51. The van der Waals surface area contributed by atoms with Gasteiger partial charge in [0.05, 0.1) is 5.52 Å². The van der Waals surface area contributed by atoms with Crippen molar-refractivity contribution in [3.05, 3.63) is 64.8 Å². The molecule has 0 aliphatic carbocycles. The van der Waals surface area contributed by atoms with Crippen LogP contribution in [-0.4, -0.2) is 39.6 Å². The summed E-state index contributed by atoms with van der Waals surface area (Å²) in [6, 6.07) is 14.9. The first-order valence-corrected chi connectivity index (χ1v) is 9.75. The number of hydrogen-bond donors (Lipinski definition) is 1. The largest absolute Gasteiger partial charge is 0.350 e. The summed E-state index contributed by atoms with van der Waals surface area (Å²) in [6.07, 6.45) is 2.05. The van der Waals surface area contributed by atoms with Crippen LogP contribution in [0, 0.1) is 0 Å². The molecular weight excluding hydrogens is 376 g/mol. The molecule has 1 N–H and O–H groups in total. The average Bonchev–Trinajstić information content (AvgIpc) is 3.36. The highest BCUT2D eigenvalue weighted by molar-refractivity contribution is 6.30. The fraction of sp³-hybridized carbons (Fsp3) is 0.286. The van der Waals surface area contributed by atoms with E-state index in [1.807, 2.05) is 41.3 Å². The Labute approximate surface area is 168 Å². The summed E-state index contributed by atoms with van der Waals surface area (Å²) in [6.45, 7) is 2.00. The van der Waals surface area contributed by atoms with E-state index in [-0.39, 0.29) is 18.4 Å². The van der Waals surface area contributed by atoms with E-state index in [4.69, 9.17) is 11.6 Å². The van der Waals surface area contributed by atoms with E-state index in [9.17, 15) is 9.59 Å². The van der Waals surface area contributed by atoms with Gasteiger partial charge in [0.2, 0.25) is 5.91 Å². The molecule has 2 heterocycles. The maximum absolute atomic E-state index is 12.8. The van der Waals surface area contributed by atoms with Crippen molar-refractivity contribution in [2.75, 3.05) is 13.1 Å². The van der Waals surface area contributed by atoms with Crippen molar-refractivity contribution in [2.24, 2.45) is 0 Å². The number of carbonyl (C=O) groups excluding carboxylic acids is 2. The van der Waals surface area contributed by atoms with Gasteiger partial charge in [-0.3, -0.25) is 14.3 Å². The minimum absolute atomic E-state index is 0.0569. The van der Waals surface area contributed by atoms with Gasteiger partial charge in [0, 0.05) is 30.0 Å². The Kier molecular flexibility index (Phi) is 5.30. The molecule has 0 spiro atoms. The molecule has 28 heavy (non-hydrogen) atoms. The van der Waals surface area contributed by atoms with E-state index >= 15 is 0 Å². The number of amides is 2. The van der Waals surface area contributed by atoms with Gasteiger partial charge < -0.3 is 10.2 Å². The van der Waals surface area contributed by atoms with E-state index in [0.717, 1.165) is 42.4 Å². The molecule has 0 atom stereocenters. The smallest absolute Gasteiger partial charge is 0.275 e. The van der Waals surface area contributed by atoms with Crippen LogP contribution in [0.4, 0.5) is 0 Å². The van der Waals surface area contributed by atoms with Gasteiger partial charge in [0.25, 0.3) is 5.91 Å². The highest BCUT2D eigenvalue weighted by Crippen LogP contribution is 2.21. The molecule has 0 unspecified atom stereocenters.